The lowest BCUT2D eigenvalue weighted by molar-refractivity contribution is 0.00845. The van der Waals surface area contributed by atoms with Crippen LogP contribution in [0.5, 0.6) is 0 Å². The summed E-state index contributed by atoms with van der Waals surface area (Å²) in [7, 11) is 1.75. The summed E-state index contributed by atoms with van der Waals surface area (Å²) in [6.07, 6.45) is 0.966. The highest BCUT2D eigenvalue weighted by atomic mass is 35.5. The number of nitrogens with one attached hydrogen (secondary N) is 1. The standard InChI is InChI=1S/C14H22ClNO/c1-11(9-14(2,3)17-4)16-10-12-7-5-6-8-13(12)15/h5-8,11,16H,9-10H2,1-4H3. The third kappa shape index (κ3) is 5.07. The molecular weight excluding hydrogens is 234 g/mol. The first kappa shape index (κ1) is 14.5. The maximum atomic E-state index is 6.10. The average molecular weight is 256 g/mol. The molecule has 0 aliphatic rings. The zero-order valence-corrected chi connectivity index (χ0v) is 11.8. The van der Waals surface area contributed by atoms with Crippen molar-refractivity contribution in [2.75, 3.05) is 7.11 Å². The summed E-state index contributed by atoms with van der Waals surface area (Å²) in [5, 5.41) is 4.28. The molecule has 1 atom stereocenters. The van der Waals surface area contributed by atoms with Gasteiger partial charge < -0.3 is 10.1 Å². The highest BCUT2D eigenvalue weighted by Crippen LogP contribution is 2.17. The Labute approximate surface area is 109 Å². The second-order valence-corrected chi connectivity index (χ2v) is 5.45. The van der Waals surface area contributed by atoms with Crippen molar-refractivity contribution in [3.8, 4) is 0 Å². The Morgan fingerprint density at radius 2 is 2.00 bits per heavy atom. The Kier molecular flexibility index (Phi) is 5.44. The quantitative estimate of drug-likeness (QED) is 0.838. The first-order valence-corrected chi connectivity index (χ1v) is 6.34. The van der Waals surface area contributed by atoms with Crippen LogP contribution in [0.25, 0.3) is 0 Å². The number of hydrogen-bond donors (Lipinski definition) is 1. The molecule has 0 saturated carbocycles. The molecule has 0 amide bonds. The molecule has 0 fully saturated rings. The van der Waals surface area contributed by atoms with E-state index in [-0.39, 0.29) is 5.60 Å². The van der Waals surface area contributed by atoms with Gasteiger partial charge in [-0.25, -0.2) is 0 Å². The summed E-state index contributed by atoms with van der Waals surface area (Å²) in [4.78, 5) is 0. The van der Waals surface area contributed by atoms with Crippen LogP contribution in [0.15, 0.2) is 24.3 Å². The van der Waals surface area contributed by atoms with Crippen LogP contribution in [-0.4, -0.2) is 18.8 Å². The highest BCUT2D eigenvalue weighted by molar-refractivity contribution is 6.31. The van der Waals surface area contributed by atoms with Gasteiger partial charge in [-0.2, -0.15) is 0 Å². The smallest absolute Gasteiger partial charge is 0.0637 e. The summed E-state index contributed by atoms with van der Waals surface area (Å²) in [5.41, 5.74) is 1.05. The number of benzene rings is 1. The van der Waals surface area contributed by atoms with Gasteiger partial charge in [0.1, 0.15) is 0 Å². The molecule has 17 heavy (non-hydrogen) atoms. The molecule has 0 bridgehead atoms. The van der Waals surface area contributed by atoms with Gasteiger partial charge in [0.05, 0.1) is 5.60 Å². The molecule has 0 radical (unpaired) electrons. The Morgan fingerprint density at radius 1 is 1.35 bits per heavy atom. The molecular formula is C14H22ClNO. The van der Waals surface area contributed by atoms with E-state index in [0.717, 1.165) is 23.6 Å². The monoisotopic (exact) mass is 255 g/mol. The van der Waals surface area contributed by atoms with E-state index >= 15 is 0 Å². The van der Waals surface area contributed by atoms with Crippen LogP contribution in [0, 0.1) is 0 Å². The van der Waals surface area contributed by atoms with Gasteiger partial charge in [0.25, 0.3) is 0 Å². The highest BCUT2D eigenvalue weighted by Gasteiger charge is 2.19. The minimum Gasteiger partial charge on any atom is -0.379 e. The third-order valence-corrected chi connectivity index (χ3v) is 3.32. The maximum absolute atomic E-state index is 6.10. The first-order chi connectivity index (χ1) is 7.94. The number of halogens is 1. The van der Waals surface area contributed by atoms with Crippen molar-refractivity contribution >= 4 is 11.6 Å². The maximum Gasteiger partial charge on any atom is 0.0637 e. The van der Waals surface area contributed by atoms with Crippen LogP contribution in [0.3, 0.4) is 0 Å². The van der Waals surface area contributed by atoms with Crippen LogP contribution in [0.4, 0.5) is 0 Å². The zero-order valence-electron chi connectivity index (χ0n) is 11.1. The Balaban J connectivity index is 2.44. The van der Waals surface area contributed by atoms with E-state index in [4.69, 9.17) is 16.3 Å². The van der Waals surface area contributed by atoms with Gasteiger partial charge in [-0.05, 0) is 38.8 Å². The fraction of sp³-hybridized carbons (Fsp3) is 0.571. The van der Waals surface area contributed by atoms with Gasteiger partial charge in [-0.15, -0.1) is 0 Å². The number of hydrogen-bond acceptors (Lipinski definition) is 2. The van der Waals surface area contributed by atoms with Crippen LogP contribution < -0.4 is 5.32 Å². The normalized spacial score (nSPS) is 13.7. The summed E-state index contributed by atoms with van der Waals surface area (Å²) >= 11 is 6.10. The molecule has 0 aliphatic heterocycles. The molecule has 1 rings (SSSR count). The molecule has 96 valence electrons. The Morgan fingerprint density at radius 3 is 2.59 bits per heavy atom. The summed E-state index contributed by atoms with van der Waals surface area (Å²) in [6.45, 7) is 7.15. The van der Waals surface area contributed by atoms with E-state index < -0.39 is 0 Å². The lowest BCUT2D eigenvalue weighted by Crippen LogP contribution is -2.35. The Bertz CT molecular complexity index is 352. The van der Waals surface area contributed by atoms with E-state index in [9.17, 15) is 0 Å². The minimum atomic E-state index is -0.0904. The van der Waals surface area contributed by atoms with Gasteiger partial charge >= 0.3 is 0 Å². The molecule has 1 unspecified atom stereocenters. The molecule has 1 aromatic carbocycles. The van der Waals surface area contributed by atoms with Crippen molar-refractivity contribution in [2.45, 2.75) is 45.4 Å². The lowest BCUT2D eigenvalue weighted by atomic mass is 10.00. The van der Waals surface area contributed by atoms with Gasteiger partial charge in [0.2, 0.25) is 0 Å². The zero-order chi connectivity index (χ0) is 12.9. The van der Waals surface area contributed by atoms with Crippen molar-refractivity contribution in [3.63, 3.8) is 0 Å². The fourth-order valence-electron chi connectivity index (χ4n) is 1.82. The van der Waals surface area contributed by atoms with Crippen molar-refractivity contribution in [1.82, 2.24) is 5.32 Å². The predicted octanol–water partition coefficient (Wildman–Crippen LogP) is 3.63. The second-order valence-electron chi connectivity index (χ2n) is 5.04. The van der Waals surface area contributed by atoms with E-state index in [1.807, 2.05) is 24.3 Å². The number of ether oxygens (including phenoxy) is 1. The molecule has 3 heteroatoms. The van der Waals surface area contributed by atoms with E-state index in [2.05, 4.69) is 26.1 Å². The van der Waals surface area contributed by atoms with Gasteiger partial charge in [0, 0.05) is 24.7 Å². The van der Waals surface area contributed by atoms with Crippen molar-refractivity contribution in [1.29, 1.82) is 0 Å². The van der Waals surface area contributed by atoms with Crippen molar-refractivity contribution < 1.29 is 4.74 Å². The minimum absolute atomic E-state index is 0.0904. The average Bonchev–Trinajstić information content (AvgIpc) is 2.27. The van der Waals surface area contributed by atoms with Gasteiger partial charge in [-0.1, -0.05) is 29.8 Å². The third-order valence-electron chi connectivity index (χ3n) is 2.95. The Hall–Kier alpha value is -0.570. The molecule has 0 aliphatic carbocycles. The molecule has 0 heterocycles. The van der Waals surface area contributed by atoms with Gasteiger partial charge in [-0.3, -0.25) is 0 Å². The topological polar surface area (TPSA) is 21.3 Å². The summed E-state index contributed by atoms with van der Waals surface area (Å²) in [6, 6.07) is 8.31. The number of rotatable bonds is 6. The number of methoxy groups -OCH3 is 1. The lowest BCUT2D eigenvalue weighted by Gasteiger charge is -2.27. The van der Waals surface area contributed by atoms with Crippen molar-refractivity contribution in [3.05, 3.63) is 34.9 Å². The van der Waals surface area contributed by atoms with Crippen LogP contribution in [0.1, 0.15) is 32.8 Å². The predicted molar refractivity (Wildman–Crippen MR) is 73.5 cm³/mol. The molecule has 1 N–H and O–H groups in total. The first-order valence-electron chi connectivity index (χ1n) is 5.96. The molecule has 0 aromatic heterocycles. The van der Waals surface area contributed by atoms with E-state index in [1.54, 1.807) is 7.11 Å². The van der Waals surface area contributed by atoms with Crippen LogP contribution in [-0.2, 0) is 11.3 Å². The molecule has 0 saturated heterocycles. The molecule has 1 aromatic rings. The van der Waals surface area contributed by atoms with Gasteiger partial charge in [0.15, 0.2) is 0 Å². The van der Waals surface area contributed by atoms with Crippen molar-refractivity contribution in [2.24, 2.45) is 0 Å². The summed E-state index contributed by atoms with van der Waals surface area (Å²) < 4.78 is 5.42. The van der Waals surface area contributed by atoms with E-state index in [1.165, 1.54) is 0 Å². The summed E-state index contributed by atoms with van der Waals surface area (Å²) in [5.74, 6) is 0. The molecule has 0 spiro atoms. The van der Waals surface area contributed by atoms with Crippen LogP contribution >= 0.6 is 11.6 Å². The SMILES string of the molecule is COC(C)(C)CC(C)NCc1ccccc1Cl. The van der Waals surface area contributed by atoms with E-state index in [0.29, 0.717) is 6.04 Å². The van der Waals surface area contributed by atoms with Crippen LogP contribution in [0.2, 0.25) is 5.02 Å². The fourth-order valence-corrected chi connectivity index (χ4v) is 2.02. The molecule has 2 nitrogen and oxygen atoms in total. The second kappa shape index (κ2) is 6.39. The largest absolute Gasteiger partial charge is 0.379 e.